The number of nitrogens with one attached hydrogen (secondary N) is 2. The minimum atomic E-state index is -0.279. The summed E-state index contributed by atoms with van der Waals surface area (Å²) in [7, 11) is 1.56. The molecule has 0 aliphatic rings. The van der Waals surface area contributed by atoms with Gasteiger partial charge in [-0.3, -0.25) is 9.48 Å². The Bertz CT molecular complexity index is 997. The van der Waals surface area contributed by atoms with E-state index in [1.165, 1.54) is 0 Å². The molecule has 0 unspecified atom stereocenters. The molecule has 0 spiro atoms. The molecule has 29 heavy (non-hydrogen) atoms. The smallest absolute Gasteiger partial charge is 0.251 e. The van der Waals surface area contributed by atoms with Crippen molar-refractivity contribution in [3.63, 3.8) is 0 Å². The quantitative estimate of drug-likeness (QED) is 0.638. The summed E-state index contributed by atoms with van der Waals surface area (Å²) in [6, 6.07) is 3.44. The molecule has 7 nitrogen and oxygen atoms in total. The van der Waals surface area contributed by atoms with Gasteiger partial charge in [0.15, 0.2) is 0 Å². The number of hydrogen-bond acceptors (Lipinski definition) is 5. The van der Waals surface area contributed by atoms with E-state index in [1.54, 1.807) is 44.7 Å². The number of anilines is 2. The number of carbonyl (C=O) groups excluding carboxylic acids is 1. The van der Waals surface area contributed by atoms with Crippen LogP contribution in [0.3, 0.4) is 0 Å². The number of nitrogens with zero attached hydrogens (tertiary/aromatic N) is 4. The standard InChI is InChI=1S/C21H25FN6O/c1-13(2)28-12-18(11-26-28)27-21-24-9-15(10-25-21)5-6-16-8-17(20(29)23-4)7-14(3)19(16)22/h7-13H,5-6H2,1-4H3,(H,23,29)(H,24,25,27). The zero-order valence-electron chi connectivity index (χ0n) is 17.0. The largest absolute Gasteiger partial charge is 0.355 e. The molecule has 1 amide bonds. The van der Waals surface area contributed by atoms with E-state index in [0.717, 1.165) is 11.3 Å². The summed E-state index contributed by atoms with van der Waals surface area (Å²) in [6.45, 7) is 5.77. The van der Waals surface area contributed by atoms with Crippen LogP contribution < -0.4 is 10.6 Å². The number of amides is 1. The first-order valence-electron chi connectivity index (χ1n) is 9.50. The summed E-state index contributed by atoms with van der Waals surface area (Å²) in [5.74, 6) is -0.0337. The lowest BCUT2D eigenvalue weighted by Crippen LogP contribution is -2.18. The highest BCUT2D eigenvalue weighted by Gasteiger charge is 2.12. The molecule has 0 fully saturated rings. The van der Waals surface area contributed by atoms with Crippen molar-refractivity contribution in [2.45, 2.75) is 39.7 Å². The molecule has 1 aromatic carbocycles. The molecule has 3 aromatic rings. The van der Waals surface area contributed by atoms with Crippen LogP contribution in [0.25, 0.3) is 0 Å². The Morgan fingerprint density at radius 1 is 1.17 bits per heavy atom. The van der Waals surface area contributed by atoms with E-state index in [-0.39, 0.29) is 17.8 Å². The van der Waals surface area contributed by atoms with Gasteiger partial charge in [0, 0.05) is 37.2 Å². The van der Waals surface area contributed by atoms with E-state index < -0.39 is 0 Å². The van der Waals surface area contributed by atoms with Crippen molar-refractivity contribution in [1.29, 1.82) is 0 Å². The molecule has 2 N–H and O–H groups in total. The van der Waals surface area contributed by atoms with Crippen molar-refractivity contribution in [1.82, 2.24) is 25.1 Å². The van der Waals surface area contributed by atoms with Crippen LogP contribution in [0.1, 0.15) is 46.9 Å². The third kappa shape index (κ3) is 4.96. The number of hydrogen-bond donors (Lipinski definition) is 2. The van der Waals surface area contributed by atoms with Gasteiger partial charge in [-0.15, -0.1) is 0 Å². The van der Waals surface area contributed by atoms with Gasteiger partial charge < -0.3 is 10.6 Å². The molecule has 0 atom stereocenters. The summed E-state index contributed by atoms with van der Waals surface area (Å²) < 4.78 is 16.3. The van der Waals surface area contributed by atoms with Crippen molar-refractivity contribution < 1.29 is 9.18 Å². The van der Waals surface area contributed by atoms with Gasteiger partial charge in [-0.2, -0.15) is 5.10 Å². The van der Waals surface area contributed by atoms with Crippen LogP contribution in [0, 0.1) is 12.7 Å². The molecule has 152 valence electrons. The van der Waals surface area contributed by atoms with Crippen LogP contribution in [-0.2, 0) is 12.8 Å². The third-order valence-corrected chi connectivity index (χ3v) is 4.59. The van der Waals surface area contributed by atoms with Crippen LogP contribution in [-0.4, -0.2) is 32.7 Å². The number of carbonyl (C=O) groups is 1. The molecular formula is C21H25FN6O. The maximum absolute atomic E-state index is 14.4. The fraction of sp³-hybridized carbons (Fsp3) is 0.333. The van der Waals surface area contributed by atoms with E-state index >= 15 is 0 Å². The molecule has 2 aromatic heterocycles. The van der Waals surface area contributed by atoms with Crippen molar-refractivity contribution in [3.05, 3.63) is 65.0 Å². The van der Waals surface area contributed by atoms with Crippen LogP contribution in [0.4, 0.5) is 16.0 Å². The Morgan fingerprint density at radius 3 is 2.52 bits per heavy atom. The SMILES string of the molecule is CNC(=O)c1cc(C)c(F)c(CCc2cnc(Nc3cnn(C(C)C)c3)nc2)c1. The van der Waals surface area contributed by atoms with Gasteiger partial charge >= 0.3 is 0 Å². The first-order valence-corrected chi connectivity index (χ1v) is 9.50. The zero-order valence-corrected chi connectivity index (χ0v) is 17.0. The Labute approximate surface area is 169 Å². The minimum absolute atomic E-state index is 0.228. The van der Waals surface area contributed by atoms with Gasteiger partial charge in [0.2, 0.25) is 5.95 Å². The Kier molecular flexibility index (Phi) is 6.21. The fourth-order valence-corrected chi connectivity index (χ4v) is 2.94. The molecule has 0 radical (unpaired) electrons. The maximum atomic E-state index is 14.4. The lowest BCUT2D eigenvalue weighted by molar-refractivity contribution is 0.0963. The van der Waals surface area contributed by atoms with Crippen molar-refractivity contribution in [2.75, 3.05) is 12.4 Å². The molecule has 2 heterocycles. The lowest BCUT2D eigenvalue weighted by Gasteiger charge is -2.09. The Hall–Kier alpha value is -3.29. The van der Waals surface area contributed by atoms with Gasteiger partial charge in [-0.25, -0.2) is 14.4 Å². The fourth-order valence-electron chi connectivity index (χ4n) is 2.94. The summed E-state index contributed by atoms with van der Waals surface area (Å²) >= 11 is 0. The summed E-state index contributed by atoms with van der Waals surface area (Å²) in [5.41, 5.74) is 3.12. The van der Waals surface area contributed by atoms with Crippen LogP contribution in [0.15, 0.2) is 36.9 Å². The minimum Gasteiger partial charge on any atom is -0.355 e. The van der Waals surface area contributed by atoms with Crippen molar-refractivity contribution in [2.24, 2.45) is 0 Å². The van der Waals surface area contributed by atoms with E-state index in [1.807, 2.05) is 10.9 Å². The summed E-state index contributed by atoms with van der Waals surface area (Å²) in [6.07, 6.45) is 8.08. The monoisotopic (exact) mass is 396 g/mol. The molecule has 0 saturated carbocycles. The first kappa shape index (κ1) is 20.4. The number of aryl methyl sites for hydroxylation is 3. The van der Waals surface area contributed by atoms with E-state index in [9.17, 15) is 9.18 Å². The molecule has 0 aliphatic carbocycles. The van der Waals surface area contributed by atoms with Crippen molar-refractivity contribution >= 4 is 17.5 Å². The predicted octanol–water partition coefficient (Wildman–Crippen LogP) is 3.59. The Balaban J connectivity index is 1.66. The van der Waals surface area contributed by atoms with Crippen LogP contribution in [0.2, 0.25) is 0 Å². The van der Waals surface area contributed by atoms with E-state index in [0.29, 0.717) is 35.5 Å². The molecule has 0 saturated heterocycles. The topological polar surface area (TPSA) is 84.7 Å². The average Bonchev–Trinajstić information content (AvgIpc) is 3.18. The number of rotatable bonds is 7. The van der Waals surface area contributed by atoms with Gasteiger partial charge in [-0.05, 0) is 62.4 Å². The maximum Gasteiger partial charge on any atom is 0.251 e. The molecular weight excluding hydrogens is 371 g/mol. The molecule has 3 rings (SSSR count). The highest BCUT2D eigenvalue weighted by atomic mass is 19.1. The highest BCUT2D eigenvalue weighted by molar-refractivity contribution is 5.94. The molecule has 0 aliphatic heterocycles. The summed E-state index contributed by atoms with van der Waals surface area (Å²) in [4.78, 5) is 20.5. The van der Waals surface area contributed by atoms with E-state index in [2.05, 4.69) is 39.5 Å². The Morgan fingerprint density at radius 2 is 1.90 bits per heavy atom. The van der Waals surface area contributed by atoms with Gasteiger partial charge in [0.05, 0.1) is 11.9 Å². The normalized spacial score (nSPS) is 11.0. The highest BCUT2D eigenvalue weighted by Crippen LogP contribution is 2.19. The van der Waals surface area contributed by atoms with Crippen LogP contribution >= 0.6 is 0 Å². The predicted molar refractivity (Wildman–Crippen MR) is 110 cm³/mol. The second-order valence-corrected chi connectivity index (χ2v) is 7.19. The third-order valence-electron chi connectivity index (χ3n) is 4.59. The zero-order chi connectivity index (χ0) is 21.0. The van der Waals surface area contributed by atoms with Gasteiger partial charge in [0.25, 0.3) is 5.91 Å². The van der Waals surface area contributed by atoms with Gasteiger partial charge in [-0.1, -0.05) is 0 Å². The first-order chi connectivity index (χ1) is 13.9. The second kappa shape index (κ2) is 8.81. The number of aromatic nitrogens is 4. The number of halogens is 1. The molecule has 0 bridgehead atoms. The summed E-state index contributed by atoms with van der Waals surface area (Å²) in [5, 5.41) is 9.95. The average molecular weight is 396 g/mol. The van der Waals surface area contributed by atoms with Crippen molar-refractivity contribution in [3.8, 4) is 0 Å². The van der Waals surface area contributed by atoms with Gasteiger partial charge in [0.1, 0.15) is 5.82 Å². The second-order valence-electron chi connectivity index (χ2n) is 7.19. The molecule has 8 heteroatoms. The van der Waals surface area contributed by atoms with E-state index in [4.69, 9.17) is 0 Å². The van der Waals surface area contributed by atoms with Crippen LogP contribution in [0.5, 0.6) is 0 Å². The lowest BCUT2D eigenvalue weighted by atomic mass is 10.00. The number of benzene rings is 1.